The Balaban J connectivity index is 2.37. The van der Waals surface area contributed by atoms with E-state index < -0.39 is 0 Å². The molecule has 0 atom stereocenters. The number of aromatic nitrogens is 3. The van der Waals surface area contributed by atoms with Crippen LogP contribution in [0.1, 0.15) is 44.0 Å². The van der Waals surface area contributed by atoms with Crippen LogP contribution in [-0.2, 0) is 6.54 Å². The molecule has 3 heterocycles. The summed E-state index contributed by atoms with van der Waals surface area (Å²) in [6.07, 6.45) is 3.42. The van der Waals surface area contributed by atoms with E-state index in [0.29, 0.717) is 23.2 Å². The van der Waals surface area contributed by atoms with E-state index in [4.69, 9.17) is 5.41 Å². The van der Waals surface area contributed by atoms with Crippen molar-refractivity contribution < 1.29 is 4.79 Å². The molecule has 3 aromatic heterocycles. The molecule has 0 bridgehead atoms. The highest BCUT2D eigenvalue weighted by molar-refractivity contribution is 5.96. The quantitative estimate of drug-likeness (QED) is 0.688. The third kappa shape index (κ3) is 3.12. The molecule has 0 spiro atoms. The number of unbranched alkanes of at least 4 members (excludes halogenated alkanes) is 1. The van der Waals surface area contributed by atoms with Crippen molar-refractivity contribution in [2.24, 2.45) is 0 Å². The Hall–Kier alpha value is -2.96. The molecule has 0 radical (unpaired) electrons. The Morgan fingerprint density at radius 3 is 2.81 bits per heavy atom. The minimum atomic E-state index is -0.352. The van der Waals surface area contributed by atoms with Crippen molar-refractivity contribution in [1.82, 2.24) is 19.3 Å². The number of fused-ring (bicyclic) bond motifs is 2. The molecule has 0 unspecified atom stereocenters. The van der Waals surface area contributed by atoms with Gasteiger partial charge in [0.25, 0.3) is 11.5 Å². The number of hydrogen-bond acceptors (Lipinski definition) is 4. The molecule has 0 aliphatic rings. The molecule has 7 nitrogen and oxygen atoms in total. The lowest BCUT2D eigenvalue weighted by Crippen LogP contribution is -2.37. The van der Waals surface area contributed by atoms with Gasteiger partial charge >= 0.3 is 0 Å². The molecule has 136 valence electrons. The topological polar surface area (TPSA) is 92.2 Å². The molecule has 1 amide bonds. The van der Waals surface area contributed by atoms with E-state index in [1.54, 1.807) is 22.9 Å². The average molecular weight is 353 g/mol. The fourth-order valence-electron chi connectivity index (χ4n) is 2.93. The number of carbonyl (C=O) groups excluding carboxylic acids is 1. The molecular weight excluding hydrogens is 330 g/mol. The highest BCUT2D eigenvalue weighted by atomic mass is 16.1. The Labute approximate surface area is 150 Å². The summed E-state index contributed by atoms with van der Waals surface area (Å²) in [6.45, 7) is 6.30. The van der Waals surface area contributed by atoms with Crippen LogP contribution in [0.2, 0.25) is 0 Å². The number of aryl methyl sites for hydroxylation is 1. The first-order valence-electron chi connectivity index (χ1n) is 8.84. The molecule has 3 rings (SSSR count). The molecule has 3 aromatic rings. The zero-order valence-corrected chi connectivity index (χ0v) is 15.2. The minimum absolute atomic E-state index is 0.0579. The molecule has 0 saturated carbocycles. The van der Waals surface area contributed by atoms with Gasteiger partial charge in [-0.05, 0) is 38.5 Å². The second kappa shape index (κ2) is 7.11. The normalized spacial score (nSPS) is 11.4. The molecule has 0 aromatic carbocycles. The zero-order chi connectivity index (χ0) is 18.8. The van der Waals surface area contributed by atoms with Gasteiger partial charge in [-0.1, -0.05) is 19.4 Å². The lowest BCUT2D eigenvalue weighted by Gasteiger charge is -2.15. The number of amides is 1. The molecule has 0 aliphatic heterocycles. The van der Waals surface area contributed by atoms with Crippen LogP contribution in [0.5, 0.6) is 0 Å². The van der Waals surface area contributed by atoms with Crippen molar-refractivity contribution in [3.63, 3.8) is 0 Å². The smallest absolute Gasteiger partial charge is 0.267 e. The second-order valence-corrected chi connectivity index (χ2v) is 6.62. The average Bonchev–Trinajstić information content (AvgIpc) is 2.60. The van der Waals surface area contributed by atoms with Gasteiger partial charge in [0.15, 0.2) is 0 Å². The van der Waals surface area contributed by atoms with E-state index in [1.807, 2.05) is 19.9 Å². The maximum absolute atomic E-state index is 12.9. The first-order valence-corrected chi connectivity index (χ1v) is 8.84. The largest absolute Gasteiger partial charge is 0.350 e. The van der Waals surface area contributed by atoms with Crippen LogP contribution < -0.4 is 16.4 Å². The fraction of sp³-hybridized carbons (Fsp3) is 0.368. The summed E-state index contributed by atoms with van der Waals surface area (Å²) in [6, 6.07) is 6.77. The van der Waals surface area contributed by atoms with Gasteiger partial charge < -0.3 is 9.88 Å². The van der Waals surface area contributed by atoms with E-state index in [-0.39, 0.29) is 28.6 Å². The zero-order valence-electron chi connectivity index (χ0n) is 15.2. The fourth-order valence-corrected chi connectivity index (χ4v) is 2.93. The third-order valence-corrected chi connectivity index (χ3v) is 4.22. The predicted octanol–water partition coefficient (Wildman–Crippen LogP) is 2.07. The van der Waals surface area contributed by atoms with Crippen molar-refractivity contribution in [3.8, 4) is 0 Å². The summed E-state index contributed by atoms with van der Waals surface area (Å²) in [4.78, 5) is 30.1. The van der Waals surface area contributed by atoms with Gasteiger partial charge in [0.05, 0.1) is 10.9 Å². The van der Waals surface area contributed by atoms with E-state index in [2.05, 4.69) is 17.2 Å². The number of carbonyl (C=O) groups is 1. The van der Waals surface area contributed by atoms with Crippen molar-refractivity contribution >= 4 is 22.6 Å². The molecular formula is C19H23N5O2. The summed E-state index contributed by atoms with van der Waals surface area (Å²) in [5, 5.41) is 11.7. The lowest BCUT2D eigenvalue weighted by molar-refractivity contribution is 0.0940. The Morgan fingerprint density at radius 1 is 1.35 bits per heavy atom. The molecule has 2 N–H and O–H groups in total. The highest BCUT2D eigenvalue weighted by Crippen LogP contribution is 2.11. The van der Waals surface area contributed by atoms with Crippen LogP contribution in [0, 0.1) is 5.41 Å². The summed E-state index contributed by atoms with van der Waals surface area (Å²) < 4.78 is 3.13. The number of rotatable bonds is 5. The van der Waals surface area contributed by atoms with E-state index >= 15 is 0 Å². The number of pyridine rings is 2. The maximum atomic E-state index is 12.9. The standard InChI is InChI=1S/C19H23N5O2/c1-4-5-9-24-16(20)13(18(25)21-12(2)3)11-14-17(24)22-15-8-6-7-10-23(15)19(14)26/h6-8,10-12,20H,4-5,9H2,1-3H3,(H,21,25). The van der Waals surface area contributed by atoms with Gasteiger partial charge in [-0.15, -0.1) is 0 Å². The van der Waals surface area contributed by atoms with Crippen molar-refractivity contribution in [2.75, 3.05) is 0 Å². The number of nitrogens with zero attached hydrogens (tertiary/aromatic N) is 3. The third-order valence-electron chi connectivity index (χ3n) is 4.22. The summed E-state index contributed by atoms with van der Waals surface area (Å²) >= 11 is 0. The second-order valence-electron chi connectivity index (χ2n) is 6.62. The summed E-state index contributed by atoms with van der Waals surface area (Å²) in [5.41, 5.74) is 0.998. The van der Waals surface area contributed by atoms with Gasteiger partial charge in [0, 0.05) is 18.8 Å². The molecule has 0 saturated heterocycles. The van der Waals surface area contributed by atoms with E-state index in [9.17, 15) is 9.59 Å². The number of nitrogens with one attached hydrogen (secondary N) is 2. The van der Waals surface area contributed by atoms with Crippen LogP contribution in [0.4, 0.5) is 0 Å². The van der Waals surface area contributed by atoms with E-state index in [0.717, 1.165) is 12.8 Å². The van der Waals surface area contributed by atoms with Gasteiger partial charge in [0.1, 0.15) is 16.8 Å². The van der Waals surface area contributed by atoms with Gasteiger partial charge in [0.2, 0.25) is 0 Å². The lowest BCUT2D eigenvalue weighted by atomic mass is 10.1. The minimum Gasteiger partial charge on any atom is -0.350 e. The monoisotopic (exact) mass is 353 g/mol. The summed E-state index contributed by atoms with van der Waals surface area (Å²) in [7, 11) is 0. The Morgan fingerprint density at radius 2 is 2.12 bits per heavy atom. The SMILES string of the molecule is CCCCn1c(=N)c(C(=O)NC(C)C)cc2c(=O)n3ccccc3nc21. The number of hydrogen-bond donors (Lipinski definition) is 2. The van der Waals surface area contributed by atoms with Crippen molar-refractivity contribution in [1.29, 1.82) is 5.41 Å². The van der Waals surface area contributed by atoms with Crippen molar-refractivity contribution in [3.05, 3.63) is 51.9 Å². The van der Waals surface area contributed by atoms with Crippen LogP contribution in [0.25, 0.3) is 16.7 Å². The maximum Gasteiger partial charge on any atom is 0.267 e. The van der Waals surface area contributed by atoms with Crippen LogP contribution in [0.15, 0.2) is 35.3 Å². The molecule has 26 heavy (non-hydrogen) atoms. The molecule has 0 fully saturated rings. The Bertz CT molecular complexity index is 1090. The van der Waals surface area contributed by atoms with Gasteiger partial charge in [-0.2, -0.15) is 0 Å². The van der Waals surface area contributed by atoms with E-state index in [1.165, 1.54) is 10.5 Å². The first-order chi connectivity index (χ1) is 12.4. The highest BCUT2D eigenvalue weighted by Gasteiger charge is 2.17. The predicted molar refractivity (Wildman–Crippen MR) is 100 cm³/mol. The summed E-state index contributed by atoms with van der Waals surface area (Å²) in [5.74, 6) is -0.352. The first kappa shape index (κ1) is 17.8. The molecule has 0 aliphatic carbocycles. The van der Waals surface area contributed by atoms with Gasteiger partial charge in [-0.25, -0.2) is 4.98 Å². The van der Waals surface area contributed by atoms with Gasteiger partial charge in [-0.3, -0.25) is 19.4 Å². The van der Waals surface area contributed by atoms with Crippen LogP contribution >= 0.6 is 0 Å². The van der Waals surface area contributed by atoms with Crippen LogP contribution in [-0.4, -0.2) is 25.9 Å². The van der Waals surface area contributed by atoms with Crippen LogP contribution in [0.3, 0.4) is 0 Å². The van der Waals surface area contributed by atoms with Crippen molar-refractivity contribution in [2.45, 2.75) is 46.2 Å². The molecule has 7 heteroatoms. The Kier molecular flexibility index (Phi) is 4.88.